The predicted octanol–water partition coefficient (Wildman–Crippen LogP) is 4.63. The van der Waals surface area contributed by atoms with Crippen molar-refractivity contribution in [3.05, 3.63) is 53.7 Å². The number of aromatic nitrogens is 1. The van der Waals surface area contributed by atoms with Crippen molar-refractivity contribution in [1.29, 1.82) is 0 Å². The molecule has 0 saturated carbocycles. The minimum Gasteiger partial charge on any atom is -0.497 e. The van der Waals surface area contributed by atoms with Crippen LogP contribution in [-0.2, 0) is 4.74 Å². The summed E-state index contributed by atoms with van der Waals surface area (Å²) < 4.78 is 10.7. The molecule has 112 valence electrons. The lowest BCUT2D eigenvalue weighted by Crippen LogP contribution is -1.96. The van der Waals surface area contributed by atoms with Gasteiger partial charge < -0.3 is 9.47 Å². The smallest absolute Gasteiger partial charge is 0.119 e. The third kappa shape index (κ3) is 2.01. The Bertz CT molecular complexity index is 897. The number of pyridine rings is 1. The van der Waals surface area contributed by atoms with Gasteiger partial charge in [-0.1, -0.05) is 6.58 Å². The summed E-state index contributed by atoms with van der Waals surface area (Å²) in [4.78, 5) is 4.61. The molecule has 3 rings (SSSR count). The zero-order chi connectivity index (χ0) is 15.9. The number of aryl methyl sites for hydroxylation is 2. The molecular formula is C19H19NO2. The summed E-state index contributed by atoms with van der Waals surface area (Å²) >= 11 is 0. The van der Waals surface area contributed by atoms with Crippen LogP contribution in [0.3, 0.4) is 0 Å². The summed E-state index contributed by atoms with van der Waals surface area (Å²) in [5.41, 5.74) is 4.37. The number of ether oxygens (including phenoxy) is 2. The number of fused-ring (bicyclic) bond motifs is 3. The van der Waals surface area contributed by atoms with Crippen LogP contribution in [0.4, 0.5) is 0 Å². The second-order valence-electron chi connectivity index (χ2n) is 5.37. The molecule has 0 N–H and O–H groups in total. The van der Waals surface area contributed by atoms with Gasteiger partial charge >= 0.3 is 0 Å². The number of nitrogens with zero attached hydrogens (tertiary/aromatic N) is 1. The van der Waals surface area contributed by atoms with Crippen LogP contribution in [0.25, 0.3) is 27.4 Å². The molecule has 0 saturated heterocycles. The average Bonchev–Trinajstić information content (AvgIpc) is 2.57. The maximum absolute atomic E-state index is 5.35. The normalized spacial score (nSPS) is 10.9. The summed E-state index contributed by atoms with van der Waals surface area (Å²) in [5.74, 6) is 1.51. The van der Waals surface area contributed by atoms with Gasteiger partial charge in [0.1, 0.15) is 11.5 Å². The fourth-order valence-electron chi connectivity index (χ4n) is 2.94. The topological polar surface area (TPSA) is 31.4 Å². The molecule has 3 heteroatoms. The van der Waals surface area contributed by atoms with Gasteiger partial charge in [0, 0.05) is 22.5 Å². The molecule has 0 aliphatic heterocycles. The quantitative estimate of drug-likeness (QED) is 0.521. The van der Waals surface area contributed by atoms with Crippen LogP contribution in [-0.4, -0.2) is 19.2 Å². The van der Waals surface area contributed by atoms with E-state index in [-0.39, 0.29) is 0 Å². The van der Waals surface area contributed by atoms with E-state index in [0.29, 0.717) is 5.76 Å². The Morgan fingerprint density at radius 1 is 1.05 bits per heavy atom. The van der Waals surface area contributed by atoms with E-state index in [2.05, 4.69) is 37.5 Å². The van der Waals surface area contributed by atoms with Crippen LogP contribution in [0.5, 0.6) is 5.75 Å². The lowest BCUT2D eigenvalue weighted by molar-refractivity contribution is 0.372. The van der Waals surface area contributed by atoms with Crippen molar-refractivity contribution in [3.8, 4) is 5.75 Å². The Morgan fingerprint density at radius 2 is 1.82 bits per heavy atom. The fraction of sp³-hybridized carbons (Fsp3) is 0.211. The summed E-state index contributed by atoms with van der Waals surface area (Å²) in [7, 11) is 3.33. The van der Waals surface area contributed by atoms with Crippen molar-refractivity contribution < 1.29 is 9.47 Å². The first-order valence-electron chi connectivity index (χ1n) is 7.17. The molecule has 0 spiro atoms. The van der Waals surface area contributed by atoms with E-state index in [9.17, 15) is 0 Å². The average molecular weight is 293 g/mol. The molecule has 3 aromatic rings. The highest BCUT2D eigenvalue weighted by molar-refractivity contribution is 6.11. The van der Waals surface area contributed by atoms with E-state index in [1.54, 1.807) is 20.4 Å². The molecule has 1 aromatic heterocycles. The van der Waals surface area contributed by atoms with Crippen molar-refractivity contribution in [2.75, 3.05) is 14.2 Å². The van der Waals surface area contributed by atoms with Crippen LogP contribution < -0.4 is 4.74 Å². The first kappa shape index (κ1) is 14.4. The van der Waals surface area contributed by atoms with Gasteiger partial charge in [-0.3, -0.25) is 4.98 Å². The van der Waals surface area contributed by atoms with E-state index < -0.39 is 0 Å². The molecule has 0 amide bonds. The molecule has 1 heterocycles. The van der Waals surface area contributed by atoms with Crippen LogP contribution in [0.2, 0.25) is 0 Å². The van der Waals surface area contributed by atoms with E-state index in [4.69, 9.17) is 9.47 Å². The highest BCUT2D eigenvalue weighted by Gasteiger charge is 2.15. The summed E-state index contributed by atoms with van der Waals surface area (Å²) in [6, 6.07) is 8.05. The van der Waals surface area contributed by atoms with Gasteiger partial charge in [-0.25, -0.2) is 0 Å². The van der Waals surface area contributed by atoms with Crippen LogP contribution >= 0.6 is 0 Å². The molecule has 0 radical (unpaired) electrons. The van der Waals surface area contributed by atoms with E-state index in [0.717, 1.165) is 33.0 Å². The maximum Gasteiger partial charge on any atom is 0.119 e. The number of benzene rings is 2. The van der Waals surface area contributed by atoms with Crippen molar-refractivity contribution in [1.82, 2.24) is 4.98 Å². The van der Waals surface area contributed by atoms with Gasteiger partial charge in [0.2, 0.25) is 0 Å². The standard InChI is InChI=1S/C19H19NO2/c1-11-12(2)18-15(13(3)21-4)8-9-20-19(18)16-7-6-14(22-5)10-17(11)16/h6-10H,3H2,1-2,4-5H3. The fourth-order valence-corrected chi connectivity index (χ4v) is 2.94. The zero-order valence-corrected chi connectivity index (χ0v) is 13.4. The summed E-state index contributed by atoms with van der Waals surface area (Å²) in [6.07, 6.45) is 1.81. The Kier molecular flexibility index (Phi) is 3.49. The van der Waals surface area contributed by atoms with E-state index in [1.165, 1.54) is 11.1 Å². The van der Waals surface area contributed by atoms with Gasteiger partial charge in [-0.2, -0.15) is 0 Å². The van der Waals surface area contributed by atoms with Crippen molar-refractivity contribution in [2.45, 2.75) is 13.8 Å². The van der Waals surface area contributed by atoms with Gasteiger partial charge in [0.25, 0.3) is 0 Å². The molecule has 3 nitrogen and oxygen atoms in total. The van der Waals surface area contributed by atoms with Crippen LogP contribution in [0.15, 0.2) is 37.0 Å². The highest BCUT2D eigenvalue weighted by atomic mass is 16.5. The first-order chi connectivity index (χ1) is 10.6. The Balaban J connectivity index is 2.51. The zero-order valence-electron chi connectivity index (χ0n) is 13.4. The molecular weight excluding hydrogens is 274 g/mol. The molecule has 0 unspecified atom stereocenters. The summed E-state index contributed by atoms with van der Waals surface area (Å²) in [6.45, 7) is 8.25. The maximum atomic E-state index is 5.35. The molecule has 0 bridgehead atoms. The number of rotatable bonds is 3. The molecule has 22 heavy (non-hydrogen) atoms. The Hall–Kier alpha value is -2.55. The Labute approximate surface area is 130 Å². The van der Waals surface area contributed by atoms with Crippen molar-refractivity contribution in [2.24, 2.45) is 0 Å². The second kappa shape index (κ2) is 5.34. The first-order valence-corrected chi connectivity index (χ1v) is 7.17. The van der Waals surface area contributed by atoms with Crippen LogP contribution in [0, 0.1) is 13.8 Å². The van der Waals surface area contributed by atoms with Gasteiger partial charge in [-0.05, 0) is 54.6 Å². The largest absolute Gasteiger partial charge is 0.497 e. The van der Waals surface area contributed by atoms with Crippen molar-refractivity contribution in [3.63, 3.8) is 0 Å². The van der Waals surface area contributed by atoms with Gasteiger partial charge in [0.05, 0.1) is 19.7 Å². The van der Waals surface area contributed by atoms with E-state index in [1.807, 2.05) is 12.1 Å². The van der Waals surface area contributed by atoms with Gasteiger partial charge in [0.15, 0.2) is 0 Å². The molecule has 0 atom stereocenters. The molecule has 2 aromatic carbocycles. The van der Waals surface area contributed by atoms with Crippen molar-refractivity contribution >= 4 is 27.4 Å². The third-order valence-corrected chi connectivity index (χ3v) is 4.32. The lowest BCUT2D eigenvalue weighted by Gasteiger charge is -2.16. The number of hydrogen-bond donors (Lipinski definition) is 0. The predicted molar refractivity (Wildman–Crippen MR) is 91.3 cm³/mol. The summed E-state index contributed by atoms with van der Waals surface area (Å²) in [5, 5.41) is 3.38. The minimum absolute atomic E-state index is 0.655. The molecule has 0 aliphatic rings. The SMILES string of the molecule is C=C(OC)c1ccnc2c1c(C)c(C)c1cc(OC)ccc12. The highest BCUT2D eigenvalue weighted by Crippen LogP contribution is 2.36. The van der Waals surface area contributed by atoms with Gasteiger partial charge in [-0.15, -0.1) is 0 Å². The van der Waals surface area contributed by atoms with Crippen LogP contribution in [0.1, 0.15) is 16.7 Å². The lowest BCUT2D eigenvalue weighted by atomic mass is 9.93. The van der Waals surface area contributed by atoms with E-state index >= 15 is 0 Å². The number of methoxy groups -OCH3 is 2. The monoisotopic (exact) mass is 293 g/mol. The molecule has 0 fully saturated rings. The second-order valence-corrected chi connectivity index (χ2v) is 5.37. The molecule has 0 aliphatic carbocycles. The third-order valence-electron chi connectivity index (χ3n) is 4.32. The Morgan fingerprint density at radius 3 is 2.50 bits per heavy atom. The minimum atomic E-state index is 0.655. The number of hydrogen-bond acceptors (Lipinski definition) is 3.